The summed E-state index contributed by atoms with van der Waals surface area (Å²) in [5, 5.41) is 5.89. The highest BCUT2D eigenvalue weighted by Gasteiger charge is 2.16. The molecule has 1 atom stereocenters. The van der Waals surface area contributed by atoms with Gasteiger partial charge >= 0.3 is 12.1 Å². The van der Waals surface area contributed by atoms with Crippen LogP contribution in [0, 0.1) is 0 Å². The number of benzene rings is 1. The Bertz CT molecular complexity index is 523. The lowest BCUT2D eigenvalue weighted by molar-refractivity contribution is 0.0525. The van der Waals surface area contributed by atoms with E-state index in [0.29, 0.717) is 12.1 Å². The molecule has 22 heavy (non-hydrogen) atoms. The number of carbonyl (C=O) groups is 2. The van der Waals surface area contributed by atoms with Crippen molar-refractivity contribution >= 4 is 17.7 Å². The molecule has 0 aliphatic carbocycles. The maximum Gasteiger partial charge on any atom is 0.407 e. The van der Waals surface area contributed by atoms with Crippen LogP contribution in [0.1, 0.15) is 38.1 Å². The first-order valence-corrected chi connectivity index (χ1v) is 7.13. The SMILES string of the molecule is COC(=O)c1cccc(NC(C)CNC(=O)OC(C)(C)C)c1. The Morgan fingerprint density at radius 3 is 2.55 bits per heavy atom. The summed E-state index contributed by atoms with van der Waals surface area (Å²) in [6, 6.07) is 6.97. The van der Waals surface area contributed by atoms with Gasteiger partial charge < -0.3 is 20.1 Å². The summed E-state index contributed by atoms with van der Waals surface area (Å²) in [5.41, 5.74) is 0.733. The zero-order valence-corrected chi connectivity index (χ0v) is 13.7. The molecular weight excluding hydrogens is 284 g/mol. The van der Waals surface area contributed by atoms with Crippen LogP contribution in [0.3, 0.4) is 0 Å². The fourth-order valence-electron chi connectivity index (χ4n) is 1.74. The zero-order chi connectivity index (χ0) is 16.8. The number of hydrogen-bond acceptors (Lipinski definition) is 5. The van der Waals surface area contributed by atoms with Gasteiger partial charge in [-0.05, 0) is 45.9 Å². The highest BCUT2D eigenvalue weighted by atomic mass is 16.6. The summed E-state index contributed by atoms with van der Waals surface area (Å²) in [7, 11) is 1.34. The molecule has 0 fully saturated rings. The topological polar surface area (TPSA) is 76.7 Å². The van der Waals surface area contributed by atoms with Crippen molar-refractivity contribution in [2.24, 2.45) is 0 Å². The van der Waals surface area contributed by atoms with E-state index in [1.165, 1.54) is 7.11 Å². The van der Waals surface area contributed by atoms with Gasteiger partial charge in [0.1, 0.15) is 5.60 Å². The molecule has 0 spiro atoms. The van der Waals surface area contributed by atoms with Crippen molar-refractivity contribution in [3.05, 3.63) is 29.8 Å². The summed E-state index contributed by atoms with van der Waals surface area (Å²) < 4.78 is 9.85. The van der Waals surface area contributed by atoms with Gasteiger partial charge in [-0.2, -0.15) is 0 Å². The third kappa shape index (κ3) is 6.47. The van der Waals surface area contributed by atoms with Crippen LogP contribution in [-0.4, -0.2) is 37.4 Å². The van der Waals surface area contributed by atoms with E-state index >= 15 is 0 Å². The smallest absolute Gasteiger partial charge is 0.407 e. The van der Waals surface area contributed by atoms with Gasteiger partial charge in [0, 0.05) is 18.3 Å². The number of nitrogens with one attached hydrogen (secondary N) is 2. The molecule has 1 aromatic carbocycles. The zero-order valence-electron chi connectivity index (χ0n) is 13.7. The van der Waals surface area contributed by atoms with Crippen LogP contribution in [0.4, 0.5) is 10.5 Å². The fraction of sp³-hybridized carbons (Fsp3) is 0.500. The number of alkyl carbamates (subject to hydrolysis) is 1. The van der Waals surface area contributed by atoms with Crippen LogP contribution in [0.25, 0.3) is 0 Å². The molecule has 122 valence electrons. The highest BCUT2D eigenvalue weighted by molar-refractivity contribution is 5.90. The average molecular weight is 308 g/mol. The maximum absolute atomic E-state index is 11.6. The average Bonchev–Trinajstić information content (AvgIpc) is 2.43. The van der Waals surface area contributed by atoms with Gasteiger partial charge in [-0.25, -0.2) is 9.59 Å². The Morgan fingerprint density at radius 1 is 1.27 bits per heavy atom. The van der Waals surface area contributed by atoms with Crippen molar-refractivity contribution in [1.82, 2.24) is 5.32 Å². The lowest BCUT2D eigenvalue weighted by atomic mass is 10.2. The molecule has 0 saturated carbocycles. The second kappa shape index (κ2) is 7.68. The summed E-state index contributed by atoms with van der Waals surface area (Å²) in [4.78, 5) is 23.1. The Hall–Kier alpha value is -2.24. The Balaban J connectivity index is 2.50. The largest absolute Gasteiger partial charge is 0.465 e. The second-order valence-corrected chi connectivity index (χ2v) is 6.00. The first-order valence-electron chi connectivity index (χ1n) is 7.13. The summed E-state index contributed by atoms with van der Waals surface area (Å²) in [5.74, 6) is -0.386. The van der Waals surface area contributed by atoms with Gasteiger partial charge in [0.25, 0.3) is 0 Å². The van der Waals surface area contributed by atoms with Crippen molar-refractivity contribution in [3.63, 3.8) is 0 Å². The van der Waals surface area contributed by atoms with E-state index in [2.05, 4.69) is 15.4 Å². The van der Waals surface area contributed by atoms with E-state index in [-0.39, 0.29) is 12.0 Å². The van der Waals surface area contributed by atoms with Gasteiger partial charge in [-0.3, -0.25) is 0 Å². The molecule has 6 heteroatoms. The van der Waals surface area contributed by atoms with Crippen molar-refractivity contribution in [1.29, 1.82) is 0 Å². The molecule has 1 rings (SSSR count). The second-order valence-electron chi connectivity index (χ2n) is 6.00. The number of rotatable bonds is 5. The minimum atomic E-state index is -0.518. The lowest BCUT2D eigenvalue weighted by Gasteiger charge is -2.21. The molecule has 0 heterocycles. The van der Waals surface area contributed by atoms with Crippen molar-refractivity contribution < 1.29 is 19.1 Å². The summed E-state index contributed by atoms with van der Waals surface area (Å²) in [6.45, 7) is 7.76. The Kier molecular flexibility index (Phi) is 6.22. The third-order valence-corrected chi connectivity index (χ3v) is 2.65. The number of amides is 1. The fourth-order valence-corrected chi connectivity index (χ4v) is 1.74. The maximum atomic E-state index is 11.6. The van der Waals surface area contributed by atoms with Crippen LogP contribution < -0.4 is 10.6 Å². The molecular formula is C16H24N2O4. The van der Waals surface area contributed by atoms with Crippen LogP contribution in [-0.2, 0) is 9.47 Å². The number of esters is 1. The molecule has 0 saturated heterocycles. The van der Waals surface area contributed by atoms with E-state index in [4.69, 9.17) is 4.74 Å². The molecule has 0 aliphatic rings. The molecule has 0 aromatic heterocycles. The summed E-state index contributed by atoms with van der Waals surface area (Å²) in [6.07, 6.45) is -0.454. The molecule has 1 amide bonds. The number of hydrogen-bond donors (Lipinski definition) is 2. The predicted molar refractivity (Wildman–Crippen MR) is 85.1 cm³/mol. The van der Waals surface area contributed by atoms with E-state index in [1.54, 1.807) is 18.2 Å². The van der Waals surface area contributed by atoms with E-state index in [0.717, 1.165) is 5.69 Å². The van der Waals surface area contributed by atoms with Crippen molar-refractivity contribution in [2.45, 2.75) is 39.3 Å². The van der Waals surface area contributed by atoms with Gasteiger partial charge in [0.2, 0.25) is 0 Å². The summed E-state index contributed by atoms with van der Waals surface area (Å²) >= 11 is 0. The van der Waals surface area contributed by atoms with Crippen LogP contribution >= 0.6 is 0 Å². The van der Waals surface area contributed by atoms with Gasteiger partial charge in [0.15, 0.2) is 0 Å². The van der Waals surface area contributed by atoms with E-state index < -0.39 is 11.7 Å². The highest BCUT2D eigenvalue weighted by Crippen LogP contribution is 2.12. The van der Waals surface area contributed by atoms with Gasteiger partial charge in [-0.15, -0.1) is 0 Å². The Labute approximate surface area is 131 Å². The minimum absolute atomic E-state index is 0.0274. The van der Waals surface area contributed by atoms with Crippen LogP contribution in [0.5, 0.6) is 0 Å². The first kappa shape index (κ1) is 17.8. The number of carbonyl (C=O) groups excluding carboxylic acids is 2. The molecule has 2 N–H and O–H groups in total. The van der Waals surface area contributed by atoms with E-state index in [1.807, 2.05) is 33.8 Å². The molecule has 0 aliphatic heterocycles. The van der Waals surface area contributed by atoms with Gasteiger partial charge in [-0.1, -0.05) is 6.07 Å². The number of methoxy groups -OCH3 is 1. The molecule has 0 radical (unpaired) electrons. The van der Waals surface area contributed by atoms with Crippen molar-refractivity contribution in [3.8, 4) is 0 Å². The number of anilines is 1. The first-order chi connectivity index (χ1) is 10.2. The standard InChI is InChI=1S/C16H24N2O4/c1-11(10-17-15(20)22-16(2,3)4)18-13-8-6-7-12(9-13)14(19)21-5/h6-9,11,18H,10H2,1-5H3,(H,17,20). The lowest BCUT2D eigenvalue weighted by Crippen LogP contribution is -2.38. The number of ether oxygens (including phenoxy) is 2. The van der Waals surface area contributed by atoms with Crippen LogP contribution in [0.2, 0.25) is 0 Å². The normalized spacial score (nSPS) is 12.2. The quantitative estimate of drug-likeness (QED) is 0.818. The third-order valence-electron chi connectivity index (χ3n) is 2.65. The molecule has 0 bridgehead atoms. The predicted octanol–water partition coefficient (Wildman–Crippen LogP) is 2.80. The Morgan fingerprint density at radius 2 is 1.95 bits per heavy atom. The monoisotopic (exact) mass is 308 g/mol. The molecule has 1 unspecified atom stereocenters. The van der Waals surface area contributed by atoms with Crippen LogP contribution in [0.15, 0.2) is 24.3 Å². The molecule has 6 nitrogen and oxygen atoms in total. The minimum Gasteiger partial charge on any atom is -0.465 e. The van der Waals surface area contributed by atoms with Gasteiger partial charge in [0.05, 0.1) is 12.7 Å². The van der Waals surface area contributed by atoms with Crippen molar-refractivity contribution in [2.75, 3.05) is 19.0 Å². The molecule has 1 aromatic rings. The van der Waals surface area contributed by atoms with E-state index in [9.17, 15) is 9.59 Å².